The molecule has 4 aromatic rings. The van der Waals surface area contributed by atoms with Crippen molar-refractivity contribution in [3.8, 4) is 17.3 Å². The summed E-state index contributed by atoms with van der Waals surface area (Å²) >= 11 is 15.7. The lowest BCUT2D eigenvalue weighted by Gasteiger charge is -2.14. The second-order valence-electron chi connectivity index (χ2n) is 6.83. The normalized spacial score (nSPS) is 10.9. The number of anilines is 2. The van der Waals surface area contributed by atoms with E-state index in [4.69, 9.17) is 33.4 Å². The molecule has 4 N–H and O–H groups in total. The third kappa shape index (κ3) is 4.94. The van der Waals surface area contributed by atoms with E-state index in [9.17, 15) is 9.59 Å². The number of rotatable bonds is 6. The summed E-state index contributed by atoms with van der Waals surface area (Å²) in [5.41, 5.74) is 7.25. The SMILES string of the molecule is CC(=O)Nc1nnc(-c2cc(Cl)cc(CN)c2NC(=O)c2cn(-c3ncccc3Cl)nc2Br)o1. The lowest BCUT2D eigenvalue weighted by molar-refractivity contribution is -0.114. The third-order valence-corrected chi connectivity index (χ3v) is 5.55. The van der Waals surface area contributed by atoms with Crippen molar-refractivity contribution in [1.29, 1.82) is 0 Å². The van der Waals surface area contributed by atoms with Gasteiger partial charge < -0.3 is 15.5 Å². The molecule has 0 saturated carbocycles. The Morgan fingerprint density at radius 2 is 2.03 bits per heavy atom. The number of benzene rings is 1. The summed E-state index contributed by atoms with van der Waals surface area (Å²) < 4.78 is 7.15. The van der Waals surface area contributed by atoms with Crippen molar-refractivity contribution in [3.63, 3.8) is 0 Å². The molecule has 1 aromatic carbocycles. The minimum absolute atomic E-state index is 0.0197. The standard InChI is InChI=1S/C20H15BrCl2N8O3/c1-9(32)26-20-29-28-19(34-20)12-6-11(22)5-10(7-24)15(12)27-18(33)13-8-31(30-16(13)21)17-14(23)3-2-4-25-17/h2-6,8H,7,24H2,1H3,(H,27,33)(H,26,29,32). The molecule has 3 heterocycles. The predicted octanol–water partition coefficient (Wildman–Crippen LogP) is 4.06. The Morgan fingerprint density at radius 3 is 2.74 bits per heavy atom. The lowest BCUT2D eigenvalue weighted by atomic mass is 10.1. The lowest BCUT2D eigenvalue weighted by Crippen LogP contribution is -2.15. The van der Waals surface area contributed by atoms with Crippen LogP contribution in [0.3, 0.4) is 0 Å². The summed E-state index contributed by atoms with van der Waals surface area (Å²) in [5.74, 6) is -0.515. The monoisotopic (exact) mass is 564 g/mol. The van der Waals surface area contributed by atoms with Gasteiger partial charge in [-0.05, 0) is 45.8 Å². The number of hydrogen-bond acceptors (Lipinski definition) is 8. The molecule has 0 fully saturated rings. The average molecular weight is 566 g/mol. The van der Waals surface area contributed by atoms with E-state index in [1.807, 2.05) is 0 Å². The number of amides is 2. The zero-order valence-corrected chi connectivity index (χ0v) is 20.4. The summed E-state index contributed by atoms with van der Waals surface area (Å²) in [4.78, 5) is 28.7. The van der Waals surface area contributed by atoms with Crippen LogP contribution in [-0.4, -0.2) is 36.8 Å². The number of pyridine rings is 1. The topological polar surface area (TPSA) is 154 Å². The van der Waals surface area contributed by atoms with Gasteiger partial charge in [0.25, 0.3) is 11.8 Å². The maximum absolute atomic E-state index is 13.2. The highest BCUT2D eigenvalue weighted by Crippen LogP contribution is 2.35. The molecule has 0 spiro atoms. The van der Waals surface area contributed by atoms with E-state index in [2.05, 4.69) is 46.8 Å². The molecule has 174 valence electrons. The zero-order chi connectivity index (χ0) is 24.4. The molecule has 4 rings (SSSR count). The van der Waals surface area contributed by atoms with Crippen LogP contribution in [0, 0.1) is 0 Å². The highest BCUT2D eigenvalue weighted by molar-refractivity contribution is 9.10. The van der Waals surface area contributed by atoms with Crippen LogP contribution in [0.4, 0.5) is 11.7 Å². The first kappa shape index (κ1) is 23.8. The van der Waals surface area contributed by atoms with Gasteiger partial charge >= 0.3 is 6.01 Å². The molecule has 14 heteroatoms. The van der Waals surface area contributed by atoms with E-state index in [1.165, 1.54) is 23.9 Å². The van der Waals surface area contributed by atoms with Crippen molar-refractivity contribution in [2.24, 2.45) is 5.73 Å². The van der Waals surface area contributed by atoms with Crippen LogP contribution in [0.2, 0.25) is 10.0 Å². The van der Waals surface area contributed by atoms with Crippen molar-refractivity contribution in [2.75, 3.05) is 10.6 Å². The summed E-state index contributed by atoms with van der Waals surface area (Å²) in [6.45, 7) is 1.36. The molecule has 34 heavy (non-hydrogen) atoms. The maximum atomic E-state index is 13.2. The highest BCUT2D eigenvalue weighted by Gasteiger charge is 2.22. The molecule has 2 amide bonds. The fourth-order valence-electron chi connectivity index (χ4n) is 3.01. The molecule has 0 bridgehead atoms. The molecular weight excluding hydrogens is 551 g/mol. The molecule has 0 atom stereocenters. The van der Waals surface area contributed by atoms with E-state index in [1.54, 1.807) is 24.4 Å². The number of nitrogens with one attached hydrogen (secondary N) is 2. The van der Waals surface area contributed by atoms with Crippen LogP contribution in [0.15, 0.2) is 45.7 Å². The summed E-state index contributed by atoms with van der Waals surface area (Å²) in [6.07, 6.45) is 3.04. The van der Waals surface area contributed by atoms with Gasteiger partial charge in [0, 0.05) is 30.9 Å². The summed E-state index contributed by atoms with van der Waals surface area (Å²) in [5, 5.41) is 17.9. The van der Waals surface area contributed by atoms with Gasteiger partial charge in [0.1, 0.15) is 4.60 Å². The number of halogens is 3. The summed E-state index contributed by atoms with van der Waals surface area (Å²) in [7, 11) is 0. The molecule has 0 saturated heterocycles. The Balaban J connectivity index is 1.72. The van der Waals surface area contributed by atoms with Gasteiger partial charge in [-0.15, -0.1) is 5.10 Å². The minimum Gasteiger partial charge on any atom is -0.403 e. The van der Waals surface area contributed by atoms with Gasteiger partial charge in [0.15, 0.2) is 5.82 Å². The molecule has 0 aliphatic carbocycles. The second kappa shape index (κ2) is 9.89. The molecule has 0 unspecified atom stereocenters. The first-order valence-electron chi connectivity index (χ1n) is 9.58. The predicted molar refractivity (Wildman–Crippen MR) is 129 cm³/mol. The molecule has 0 aliphatic rings. The Labute approximate surface area is 210 Å². The van der Waals surface area contributed by atoms with Crippen molar-refractivity contribution < 1.29 is 14.0 Å². The van der Waals surface area contributed by atoms with Gasteiger partial charge in [-0.1, -0.05) is 28.3 Å². The van der Waals surface area contributed by atoms with Crippen molar-refractivity contribution in [2.45, 2.75) is 13.5 Å². The Kier molecular flexibility index (Phi) is 6.93. The van der Waals surface area contributed by atoms with E-state index >= 15 is 0 Å². The Morgan fingerprint density at radius 1 is 1.24 bits per heavy atom. The second-order valence-corrected chi connectivity index (χ2v) is 8.42. The minimum atomic E-state index is -0.509. The van der Waals surface area contributed by atoms with Crippen molar-refractivity contribution in [1.82, 2.24) is 25.0 Å². The quantitative estimate of drug-likeness (QED) is 0.316. The molecule has 0 aliphatic heterocycles. The summed E-state index contributed by atoms with van der Waals surface area (Å²) in [6, 6.07) is 6.38. The van der Waals surface area contributed by atoms with E-state index in [-0.39, 0.29) is 34.5 Å². The number of aromatic nitrogens is 5. The first-order valence-corrected chi connectivity index (χ1v) is 11.1. The number of carbonyl (C=O) groups is 2. The molecule has 11 nitrogen and oxygen atoms in total. The number of nitrogens with two attached hydrogens (primary N) is 1. The van der Waals surface area contributed by atoms with Crippen LogP contribution in [-0.2, 0) is 11.3 Å². The van der Waals surface area contributed by atoms with Gasteiger partial charge in [0.05, 0.1) is 21.8 Å². The maximum Gasteiger partial charge on any atom is 0.322 e. The third-order valence-electron chi connectivity index (χ3n) is 4.45. The number of hydrogen-bond donors (Lipinski definition) is 3. The van der Waals surface area contributed by atoms with Gasteiger partial charge in [0.2, 0.25) is 5.91 Å². The fourth-order valence-corrected chi connectivity index (χ4v) is 3.92. The van der Waals surface area contributed by atoms with Crippen molar-refractivity contribution in [3.05, 3.63) is 62.4 Å². The van der Waals surface area contributed by atoms with Gasteiger partial charge in [-0.25, -0.2) is 9.67 Å². The van der Waals surface area contributed by atoms with Gasteiger partial charge in [-0.3, -0.25) is 14.9 Å². The Bertz CT molecular complexity index is 1400. The highest BCUT2D eigenvalue weighted by atomic mass is 79.9. The molecular formula is C20H15BrCl2N8O3. The molecule has 0 radical (unpaired) electrons. The van der Waals surface area contributed by atoms with Crippen molar-refractivity contribution >= 4 is 62.6 Å². The van der Waals surface area contributed by atoms with Crippen LogP contribution in [0.1, 0.15) is 22.8 Å². The number of nitrogens with zero attached hydrogens (tertiary/aromatic N) is 5. The Hall–Kier alpha value is -3.32. The first-order chi connectivity index (χ1) is 16.3. The average Bonchev–Trinajstić information content (AvgIpc) is 3.41. The van der Waals surface area contributed by atoms with E-state index in [0.29, 0.717) is 32.7 Å². The number of carbonyl (C=O) groups excluding carboxylic acids is 2. The fraction of sp³-hybridized carbons (Fsp3) is 0.100. The van der Waals surface area contributed by atoms with E-state index < -0.39 is 5.91 Å². The van der Waals surface area contributed by atoms with E-state index in [0.717, 1.165) is 0 Å². The van der Waals surface area contributed by atoms with Crippen LogP contribution in [0.5, 0.6) is 0 Å². The zero-order valence-electron chi connectivity index (χ0n) is 17.3. The van der Waals surface area contributed by atoms with Crippen LogP contribution < -0.4 is 16.4 Å². The van der Waals surface area contributed by atoms with Crippen LogP contribution >= 0.6 is 39.1 Å². The van der Waals surface area contributed by atoms with Crippen LogP contribution in [0.25, 0.3) is 17.3 Å². The largest absolute Gasteiger partial charge is 0.403 e. The van der Waals surface area contributed by atoms with Gasteiger partial charge in [-0.2, -0.15) is 5.10 Å². The smallest absolute Gasteiger partial charge is 0.322 e. The molecule has 3 aromatic heterocycles.